The maximum absolute atomic E-state index is 5.34. The standard InChI is InChI=1S/C46H28N4/c1-2-14-30(15-3-1)45-35-21-8-10-22-39(35)47-46(48-45)50-41-23-11-9-20-34(41)37-27-38-36-25-31-16-4-5-17-32(31)26-42(36)49(43(38)28-44(37)50)40-24-12-18-29-13-6-7-19-33(29)40/h1-28H. The molecule has 0 bridgehead atoms. The van der Waals surface area contributed by atoms with Crippen molar-refractivity contribution in [2.75, 3.05) is 0 Å². The molecule has 8 aromatic carbocycles. The fourth-order valence-electron chi connectivity index (χ4n) is 8.02. The molecule has 0 saturated carbocycles. The molecular formula is C46H28N4. The lowest BCUT2D eigenvalue weighted by Gasteiger charge is -2.13. The molecule has 0 unspecified atom stereocenters. The highest BCUT2D eigenvalue weighted by atomic mass is 15.2. The molecule has 4 heteroatoms. The zero-order valence-corrected chi connectivity index (χ0v) is 27.0. The Bertz CT molecular complexity index is 3140. The number of aromatic nitrogens is 4. The Hall–Kier alpha value is -6.78. The van der Waals surface area contributed by atoms with Gasteiger partial charge in [0.05, 0.1) is 39.0 Å². The van der Waals surface area contributed by atoms with Crippen LogP contribution in [0.25, 0.3) is 99.0 Å². The molecule has 11 rings (SSSR count). The van der Waals surface area contributed by atoms with Crippen LogP contribution in [0.3, 0.4) is 0 Å². The van der Waals surface area contributed by atoms with Crippen molar-refractivity contribution in [2.24, 2.45) is 0 Å². The molecule has 3 heterocycles. The highest BCUT2D eigenvalue weighted by Crippen LogP contribution is 2.42. The normalized spacial score (nSPS) is 12.0. The molecule has 0 saturated heterocycles. The van der Waals surface area contributed by atoms with Crippen LogP contribution < -0.4 is 0 Å². The molecule has 0 aliphatic carbocycles. The van der Waals surface area contributed by atoms with E-state index in [2.05, 4.69) is 173 Å². The Morgan fingerprint density at radius 3 is 1.80 bits per heavy atom. The van der Waals surface area contributed by atoms with Gasteiger partial charge in [0, 0.05) is 37.9 Å². The molecule has 0 amide bonds. The summed E-state index contributed by atoms with van der Waals surface area (Å²) in [6.07, 6.45) is 0. The maximum atomic E-state index is 5.34. The van der Waals surface area contributed by atoms with Gasteiger partial charge >= 0.3 is 0 Å². The molecule has 11 aromatic rings. The topological polar surface area (TPSA) is 35.6 Å². The van der Waals surface area contributed by atoms with Crippen molar-refractivity contribution >= 4 is 76.1 Å². The second kappa shape index (κ2) is 10.4. The fraction of sp³-hybridized carbons (Fsp3) is 0. The molecule has 0 spiro atoms. The first-order valence-corrected chi connectivity index (χ1v) is 17.0. The van der Waals surface area contributed by atoms with Crippen molar-refractivity contribution in [3.63, 3.8) is 0 Å². The van der Waals surface area contributed by atoms with E-state index in [1.54, 1.807) is 0 Å². The van der Waals surface area contributed by atoms with Gasteiger partial charge in [-0.15, -0.1) is 0 Å². The van der Waals surface area contributed by atoms with E-state index in [0.717, 1.165) is 44.4 Å². The van der Waals surface area contributed by atoms with E-state index in [-0.39, 0.29) is 0 Å². The summed E-state index contributed by atoms with van der Waals surface area (Å²) in [7, 11) is 0. The first-order valence-electron chi connectivity index (χ1n) is 17.0. The Labute approximate surface area is 287 Å². The summed E-state index contributed by atoms with van der Waals surface area (Å²) in [6.45, 7) is 0. The average Bonchev–Trinajstić information content (AvgIpc) is 3.67. The molecule has 0 radical (unpaired) electrons. The molecular weight excluding hydrogens is 609 g/mol. The van der Waals surface area contributed by atoms with Gasteiger partial charge < -0.3 is 4.57 Å². The summed E-state index contributed by atoms with van der Waals surface area (Å²) in [5.74, 6) is 0.659. The van der Waals surface area contributed by atoms with Gasteiger partial charge in [-0.2, -0.15) is 0 Å². The van der Waals surface area contributed by atoms with Crippen LogP contribution >= 0.6 is 0 Å². The summed E-state index contributed by atoms with van der Waals surface area (Å²) < 4.78 is 4.71. The predicted molar refractivity (Wildman–Crippen MR) is 209 cm³/mol. The van der Waals surface area contributed by atoms with E-state index in [9.17, 15) is 0 Å². The van der Waals surface area contributed by atoms with Crippen LogP contribution in [-0.2, 0) is 0 Å². The number of benzene rings is 8. The first-order chi connectivity index (χ1) is 24.8. The van der Waals surface area contributed by atoms with Crippen molar-refractivity contribution in [2.45, 2.75) is 0 Å². The van der Waals surface area contributed by atoms with Crippen molar-refractivity contribution in [3.05, 3.63) is 170 Å². The number of rotatable bonds is 3. The van der Waals surface area contributed by atoms with Gasteiger partial charge in [0.15, 0.2) is 0 Å². The van der Waals surface area contributed by atoms with Crippen molar-refractivity contribution in [3.8, 4) is 22.9 Å². The molecule has 0 N–H and O–H groups in total. The number of fused-ring (bicyclic) bond motifs is 9. The number of nitrogens with zero attached hydrogens (tertiary/aromatic N) is 4. The van der Waals surface area contributed by atoms with E-state index in [1.165, 1.54) is 48.6 Å². The van der Waals surface area contributed by atoms with E-state index >= 15 is 0 Å². The van der Waals surface area contributed by atoms with E-state index < -0.39 is 0 Å². The van der Waals surface area contributed by atoms with Crippen LogP contribution in [0.5, 0.6) is 0 Å². The second-order valence-electron chi connectivity index (χ2n) is 13.0. The highest BCUT2D eigenvalue weighted by molar-refractivity contribution is 6.21. The Morgan fingerprint density at radius 2 is 0.940 bits per heavy atom. The molecule has 3 aromatic heterocycles. The van der Waals surface area contributed by atoms with E-state index in [4.69, 9.17) is 9.97 Å². The maximum Gasteiger partial charge on any atom is 0.235 e. The fourth-order valence-corrected chi connectivity index (χ4v) is 8.02. The van der Waals surface area contributed by atoms with Gasteiger partial charge in [0.25, 0.3) is 0 Å². The van der Waals surface area contributed by atoms with Crippen molar-refractivity contribution < 1.29 is 0 Å². The summed E-state index contributed by atoms with van der Waals surface area (Å²) in [6, 6.07) is 60.8. The molecule has 0 aliphatic rings. The summed E-state index contributed by atoms with van der Waals surface area (Å²) >= 11 is 0. The van der Waals surface area contributed by atoms with Gasteiger partial charge in [-0.3, -0.25) is 4.57 Å². The quantitative estimate of drug-likeness (QED) is 0.193. The lowest BCUT2D eigenvalue weighted by atomic mass is 10.0. The Balaban J connectivity index is 1.31. The molecule has 0 fully saturated rings. The smallest absolute Gasteiger partial charge is 0.235 e. The van der Waals surface area contributed by atoms with E-state index in [0.29, 0.717) is 5.95 Å². The zero-order chi connectivity index (χ0) is 32.8. The Morgan fingerprint density at radius 1 is 0.340 bits per heavy atom. The minimum Gasteiger partial charge on any atom is -0.309 e. The molecule has 50 heavy (non-hydrogen) atoms. The summed E-state index contributed by atoms with van der Waals surface area (Å²) in [4.78, 5) is 10.6. The lowest BCUT2D eigenvalue weighted by Crippen LogP contribution is -2.03. The highest BCUT2D eigenvalue weighted by Gasteiger charge is 2.21. The zero-order valence-electron chi connectivity index (χ0n) is 27.0. The van der Waals surface area contributed by atoms with Crippen molar-refractivity contribution in [1.29, 1.82) is 0 Å². The van der Waals surface area contributed by atoms with Crippen LogP contribution in [0.2, 0.25) is 0 Å². The predicted octanol–water partition coefficient (Wildman–Crippen LogP) is 11.8. The van der Waals surface area contributed by atoms with Gasteiger partial charge in [-0.1, -0.05) is 127 Å². The minimum absolute atomic E-state index is 0.659. The first kappa shape index (κ1) is 27.2. The monoisotopic (exact) mass is 636 g/mol. The molecule has 4 nitrogen and oxygen atoms in total. The number of hydrogen-bond acceptors (Lipinski definition) is 2. The summed E-state index contributed by atoms with van der Waals surface area (Å²) in [5.41, 5.74) is 8.55. The SMILES string of the molecule is c1ccc(-c2nc(-n3c4ccccc4c4cc5c6cc7ccccc7cc6n(-c6cccc7ccccc67)c5cc43)nc3ccccc23)cc1. The average molecular weight is 637 g/mol. The largest absolute Gasteiger partial charge is 0.309 e. The third-order valence-corrected chi connectivity index (χ3v) is 10.3. The second-order valence-corrected chi connectivity index (χ2v) is 13.0. The van der Waals surface area contributed by atoms with Crippen LogP contribution in [0.15, 0.2) is 170 Å². The van der Waals surface area contributed by atoms with Crippen LogP contribution in [0.4, 0.5) is 0 Å². The van der Waals surface area contributed by atoms with Crippen molar-refractivity contribution in [1.82, 2.24) is 19.1 Å². The van der Waals surface area contributed by atoms with Gasteiger partial charge in [0.2, 0.25) is 5.95 Å². The van der Waals surface area contributed by atoms with Gasteiger partial charge in [-0.25, -0.2) is 9.97 Å². The Kier molecular flexibility index (Phi) is 5.63. The molecule has 232 valence electrons. The molecule has 0 atom stereocenters. The molecule has 0 aliphatic heterocycles. The number of hydrogen-bond donors (Lipinski definition) is 0. The third kappa shape index (κ3) is 3.87. The summed E-state index contributed by atoms with van der Waals surface area (Å²) in [5, 5.41) is 10.7. The van der Waals surface area contributed by atoms with Gasteiger partial charge in [-0.05, 0) is 58.6 Å². The van der Waals surface area contributed by atoms with Crippen LogP contribution in [0.1, 0.15) is 0 Å². The third-order valence-electron chi connectivity index (χ3n) is 10.3. The number of para-hydroxylation sites is 2. The van der Waals surface area contributed by atoms with Crippen LogP contribution in [0, 0.1) is 0 Å². The van der Waals surface area contributed by atoms with Crippen LogP contribution in [-0.4, -0.2) is 19.1 Å². The van der Waals surface area contributed by atoms with E-state index in [1.807, 2.05) is 6.07 Å². The minimum atomic E-state index is 0.659. The van der Waals surface area contributed by atoms with Gasteiger partial charge in [0.1, 0.15) is 0 Å². The lowest BCUT2D eigenvalue weighted by molar-refractivity contribution is 1.01.